The Kier molecular flexibility index (Phi) is 6.51. The fourth-order valence-electron chi connectivity index (χ4n) is 3.11. The molecular weight excluding hydrogens is 362 g/mol. The largest absolute Gasteiger partial charge is 0.389 e. The zero-order valence-electron chi connectivity index (χ0n) is 14.7. The predicted molar refractivity (Wildman–Crippen MR) is 99.2 cm³/mol. The molecule has 1 amide bonds. The molecule has 1 N–H and O–H groups in total. The van der Waals surface area contributed by atoms with Crippen LogP contribution in [-0.4, -0.2) is 48.8 Å². The molecule has 0 radical (unpaired) electrons. The van der Waals surface area contributed by atoms with E-state index in [9.17, 15) is 18.3 Å². The van der Waals surface area contributed by atoms with Crippen molar-refractivity contribution in [2.75, 3.05) is 18.8 Å². The first-order valence-corrected chi connectivity index (χ1v) is 10.7. The molecule has 1 saturated heterocycles. The SMILES string of the molecule is CC(C)CC(=O)N1CCC(O)(CS(=O)(=O)Cc2ccccc2Cl)CC1. The summed E-state index contributed by atoms with van der Waals surface area (Å²) in [7, 11) is -3.51. The van der Waals surface area contributed by atoms with Gasteiger partial charge < -0.3 is 10.0 Å². The number of carbonyl (C=O) groups is 1. The van der Waals surface area contributed by atoms with Crippen molar-refractivity contribution in [2.24, 2.45) is 5.92 Å². The Labute approximate surface area is 154 Å². The van der Waals surface area contributed by atoms with E-state index in [1.807, 2.05) is 13.8 Å². The summed E-state index contributed by atoms with van der Waals surface area (Å²) in [5.74, 6) is -0.150. The van der Waals surface area contributed by atoms with Crippen LogP contribution in [0.2, 0.25) is 5.02 Å². The van der Waals surface area contributed by atoms with Crippen LogP contribution in [0.3, 0.4) is 0 Å². The minimum atomic E-state index is -3.51. The number of rotatable bonds is 6. The van der Waals surface area contributed by atoms with Gasteiger partial charge in [0.05, 0.1) is 17.1 Å². The first-order chi connectivity index (χ1) is 11.6. The Morgan fingerprint density at radius 3 is 2.44 bits per heavy atom. The van der Waals surface area contributed by atoms with E-state index in [1.165, 1.54) is 0 Å². The second kappa shape index (κ2) is 8.06. The molecule has 0 aliphatic carbocycles. The lowest BCUT2D eigenvalue weighted by Gasteiger charge is -2.38. The number of carbonyl (C=O) groups excluding carboxylic acids is 1. The number of hydrogen-bond acceptors (Lipinski definition) is 4. The van der Waals surface area contributed by atoms with E-state index in [-0.39, 0.29) is 36.2 Å². The summed E-state index contributed by atoms with van der Waals surface area (Å²) in [6.45, 7) is 4.76. The standard InChI is InChI=1S/C18H26ClNO4S/c1-14(2)11-17(21)20-9-7-18(22,8-10-20)13-25(23,24)12-15-5-3-4-6-16(15)19/h3-6,14,22H,7-13H2,1-2H3. The molecule has 0 unspecified atom stereocenters. The number of halogens is 1. The fourth-order valence-corrected chi connectivity index (χ4v) is 5.32. The third-order valence-electron chi connectivity index (χ3n) is 4.45. The van der Waals surface area contributed by atoms with Crippen molar-refractivity contribution < 1.29 is 18.3 Å². The van der Waals surface area contributed by atoms with Gasteiger partial charge in [-0.2, -0.15) is 0 Å². The fraction of sp³-hybridized carbons (Fsp3) is 0.611. The molecule has 1 fully saturated rings. The molecule has 0 atom stereocenters. The van der Waals surface area contributed by atoms with Crippen LogP contribution in [0.5, 0.6) is 0 Å². The predicted octanol–water partition coefficient (Wildman–Crippen LogP) is 2.65. The topological polar surface area (TPSA) is 74.7 Å². The highest BCUT2D eigenvalue weighted by Gasteiger charge is 2.38. The maximum absolute atomic E-state index is 12.5. The summed E-state index contributed by atoms with van der Waals surface area (Å²) in [6, 6.07) is 6.82. The maximum Gasteiger partial charge on any atom is 0.222 e. The average Bonchev–Trinajstić information content (AvgIpc) is 2.48. The van der Waals surface area contributed by atoms with E-state index in [0.717, 1.165) is 0 Å². The Hall–Kier alpha value is -1.11. The lowest BCUT2D eigenvalue weighted by atomic mass is 9.93. The smallest absolute Gasteiger partial charge is 0.222 e. The lowest BCUT2D eigenvalue weighted by Crippen LogP contribution is -2.50. The lowest BCUT2D eigenvalue weighted by molar-refractivity contribution is -0.135. The van der Waals surface area contributed by atoms with Gasteiger partial charge in [0.15, 0.2) is 9.84 Å². The van der Waals surface area contributed by atoms with Crippen molar-refractivity contribution in [2.45, 2.75) is 44.5 Å². The van der Waals surface area contributed by atoms with E-state index in [0.29, 0.717) is 30.1 Å². The first-order valence-electron chi connectivity index (χ1n) is 8.54. The minimum absolute atomic E-state index is 0.0657. The van der Waals surface area contributed by atoms with E-state index in [1.54, 1.807) is 29.2 Å². The number of benzene rings is 1. The molecule has 2 rings (SSSR count). The van der Waals surface area contributed by atoms with Gasteiger partial charge in [0.2, 0.25) is 5.91 Å². The van der Waals surface area contributed by atoms with Gasteiger partial charge in [-0.1, -0.05) is 43.6 Å². The first kappa shape index (κ1) is 20.2. The average molecular weight is 388 g/mol. The highest BCUT2D eigenvalue weighted by atomic mass is 35.5. The van der Waals surface area contributed by atoms with E-state index >= 15 is 0 Å². The second-order valence-electron chi connectivity index (χ2n) is 7.33. The molecule has 0 saturated carbocycles. The van der Waals surface area contributed by atoms with Gasteiger partial charge in [-0.25, -0.2) is 8.42 Å². The summed E-state index contributed by atoms with van der Waals surface area (Å²) in [6.07, 6.45) is 1.03. The van der Waals surface area contributed by atoms with Crippen LogP contribution >= 0.6 is 11.6 Å². The van der Waals surface area contributed by atoms with Crippen molar-refractivity contribution in [1.82, 2.24) is 4.90 Å². The van der Waals surface area contributed by atoms with Crippen LogP contribution in [0, 0.1) is 5.92 Å². The van der Waals surface area contributed by atoms with Gasteiger partial charge in [-0.05, 0) is 30.4 Å². The van der Waals surface area contributed by atoms with Crippen LogP contribution in [-0.2, 0) is 20.4 Å². The van der Waals surface area contributed by atoms with Gasteiger partial charge in [0, 0.05) is 24.5 Å². The zero-order valence-corrected chi connectivity index (χ0v) is 16.3. The Bertz CT molecular complexity index is 710. The van der Waals surface area contributed by atoms with Crippen LogP contribution in [0.15, 0.2) is 24.3 Å². The number of amides is 1. The molecule has 0 aromatic heterocycles. The van der Waals surface area contributed by atoms with Crippen molar-refractivity contribution in [3.63, 3.8) is 0 Å². The van der Waals surface area contributed by atoms with Gasteiger partial charge >= 0.3 is 0 Å². The monoisotopic (exact) mass is 387 g/mol. The molecule has 0 bridgehead atoms. The zero-order chi connectivity index (χ0) is 18.7. The Morgan fingerprint density at radius 1 is 1.28 bits per heavy atom. The number of nitrogens with zero attached hydrogens (tertiary/aromatic N) is 1. The van der Waals surface area contributed by atoms with E-state index < -0.39 is 15.4 Å². The third kappa shape index (κ3) is 5.97. The highest BCUT2D eigenvalue weighted by Crippen LogP contribution is 2.27. The molecular formula is C18H26ClNO4S. The molecule has 1 heterocycles. The molecule has 7 heteroatoms. The van der Waals surface area contributed by atoms with Crippen molar-refractivity contribution in [3.05, 3.63) is 34.9 Å². The highest BCUT2D eigenvalue weighted by molar-refractivity contribution is 7.90. The quantitative estimate of drug-likeness (QED) is 0.814. The van der Waals surface area contributed by atoms with Crippen LogP contribution in [0.25, 0.3) is 0 Å². The summed E-state index contributed by atoms with van der Waals surface area (Å²) in [5, 5.41) is 11.1. The summed E-state index contributed by atoms with van der Waals surface area (Å²) in [4.78, 5) is 13.8. The van der Waals surface area contributed by atoms with Crippen molar-refractivity contribution in [3.8, 4) is 0 Å². The van der Waals surface area contributed by atoms with Gasteiger partial charge in [-0.15, -0.1) is 0 Å². The number of sulfone groups is 1. The molecule has 1 aliphatic heterocycles. The summed E-state index contributed by atoms with van der Waals surface area (Å²) < 4.78 is 25.0. The van der Waals surface area contributed by atoms with E-state index in [4.69, 9.17) is 11.6 Å². The molecule has 1 aromatic rings. The molecule has 25 heavy (non-hydrogen) atoms. The van der Waals surface area contributed by atoms with Gasteiger partial charge in [-0.3, -0.25) is 4.79 Å². The van der Waals surface area contributed by atoms with Crippen molar-refractivity contribution in [1.29, 1.82) is 0 Å². The van der Waals surface area contributed by atoms with Crippen LogP contribution < -0.4 is 0 Å². The number of likely N-dealkylation sites (tertiary alicyclic amines) is 1. The summed E-state index contributed by atoms with van der Waals surface area (Å²) >= 11 is 6.03. The van der Waals surface area contributed by atoms with Crippen molar-refractivity contribution >= 4 is 27.3 Å². The molecule has 0 spiro atoms. The summed E-state index contributed by atoms with van der Waals surface area (Å²) in [5.41, 5.74) is -0.744. The van der Waals surface area contributed by atoms with Gasteiger partial charge in [0.25, 0.3) is 0 Å². The maximum atomic E-state index is 12.5. The van der Waals surface area contributed by atoms with E-state index in [2.05, 4.69) is 0 Å². The molecule has 140 valence electrons. The molecule has 1 aromatic carbocycles. The minimum Gasteiger partial charge on any atom is -0.389 e. The second-order valence-corrected chi connectivity index (χ2v) is 9.80. The third-order valence-corrected chi connectivity index (χ3v) is 6.55. The number of piperidine rings is 1. The van der Waals surface area contributed by atoms with Crippen LogP contribution in [0.4, 0.5) is 0 Å². The Morgan fingerprint density at radius 2 is 1.88 bits per heavy atom. The van der Waals surface area contributed by atoms with Crippen LogP contribution in [0.1, 0.15) is 38.7 Å². The van der Waals surface area contributed by atoms with Gasteiger partial charge in [0.1, 0.15) is 0 Å². The number of hydrogen-bond donors (Lipinski definition) is 1. The Balaban J connectivity index is 1.96. The number of aliphatic hydroxyl groups is 1. The normalized spacial score (nSPS) is 17.7. The molecule has 5 nitrogen and oxygen atoms in total. The molecule has 1 aliphatic rings.